The molecule has 156 valence electrons. The number of hydrogen-bond donors (Lipinski definition) is 4. The fraction of sp³-hybridized carbons (Fsp3) is 0.286. The maximum Gasteiger partial charge on any atom is 0.290 e. The summed E-state index contributed by atoms with van der Waals surface area (Å²) in [6.45, 7) is 5.88. The van der Waals surface area contributed by atoms with Crippen LogP contribution in [0.15, 0.2) is 35.3 Å². The van der Waals surface area contributed by atoms with Gasteiger partial charge in [0.2, 0.25) is 5.91 Å². The van der Waals surface area contributed by atoms with Gasteiger partial charge in [0, 0.05) is 55.3 Å². The van der Waals surface area contributed by atoms with Crippen molar-refractivity contribution in [2.24, 2.45) is 0 Å². The van der Waals surface area contributed by atoms with Crippen LogP contribution in [0.3, 0.4) is 0 Å². The summed E-state index contributed by atoms with van der Waals surface area (Å²) >= 11 is 0. The largest absolute Gasteiger partial charge is 0.383 e. The number of nitrogen functional groups attached to an aromatic ring is 1. The van der Waals surface area contributed by atoms with Crippen LogP contribution in [0.25, 0.3) is 11.3 Å². The van der Waals surface area contributed by atoms with Gasteiger partial charge in [-0.2, -0.15) is 0 Å². The normalized spacial score (nSPS) is 10.6. The van der Waals surface area contributed by atoms with Crippen LogP contribution in [0.1, 0.15) is 29.6 Å². The summed E-state index contributed by atoms with van der Waals surface area (Å²) in [6.07, 6.45) is 2.39. The molecule has 0 saturated carbocycles. The van der Waals surface area contributed by atoms with Gasteiger partial charge in [0.15, 0.2) is 5.82 Å². The van der Waals surface area contributed by atoms with Crippen molar-refractivity contribution in [3.8, 4) is 11.3 Å². The zero-order valence-corrected chi connectivity index (χ0v) is 17.2. The summed E-state index contributed by atoms with van der Waals surface area (Å²) in [6, 6.07) is 7.55. The number of carbonyl (C=O) groups is 1. The Hall–Kier alpha value is -3.75. The molecular weight excluding hydrogens is 382 g/mol. The molecule has 9 heteroatoms. The Bertz CT molecular complexity index is 1110. The Kier molecular flexibility index (Phi) is 6.41. The lowest BCUT2D eigenvalue weighted by atomic mass is 10.1. The number of amides is 1. The minimum atomic E-state index is -0.311. The standard InChI is InChI=1S/C21H25N7O2/c1-12-15(11-25-14(3)29)10-17(19(22)26-12)18-13(2)27-21(30)20(28-18)24-9-7-16-6-4-5-8-23-16/h4-6,8,10H,7,9,11H2,1-3H3,(H2,22,26)(H,24,28)(H,25,29)(H,27,30). The van der Waals surface area contributed by atoms with Gasteiger partial charge in [-0.3, -0.25) is 14.6 Å². The molecule has 30 heavy (non-hydrogen) atoms. The molecule has 0 atom stereocenters. The lowest BCUT2D eigenvalue weighted by Gasteiger charge is -2.14. The molecule has 3 aromatic heterocycles. The van der Waals surface area contributed by atoms with Crippen LogP contribution in [0.5, 0.6) is 0 Å². The topological polar surface area (TPSA) is 139 Å². The number of nitrogens with one attached hydrogen (secondary N) is 3. The number of pyridine rings is 2. The molecule has 3 rings (SSSR count). The van der Waals surface area contributed by atoms with Gasteiger partial charge >= 0.3 is 0 Å². The number of aryl methyl sites for hydroxylation is 2. The van der Waals surface area contributed by atoms with Crippen LogP contribution < -0.4 is 21.9 Å². The van der Waals surface area contributed by atoms with Gasteiger partial charge in [0.25, 0.3) is 5.56 Å². The van der Waals surface area contributed by atoms with Gasteiger partial charge in [0.05, 0.1) is 5.69 Å². The fourth-order valence-corrected chi connectivity index (χ4v) is 3.03. The fourth-order valence-electron chi connectivity index (χ4n) is 3.03. The zero-order valence-electron chi connectivity index (χ0n) is 17.2. The molecule has 9 nitrogen and oxygen atoms in total. The Morgan fingerprint density at radius 1 is 1.23 bits per heavy atom. The Labute approximate surface area is 174 Å². The van der Waals surface area contributed by atoms with E-state index in [9.17, 15) is 9.59 Å². The molecule has 0 fully saturated rings. The average Bonchev–Trinajstić information content (AvgIpc) is 2.70. The number of hydrogen-bond acceptors (Lipinski definition) is 7. The van der Waals surface area contributed by atoms with E-state index in [0.717, 1.165) is 17.0 Å². The van der Waals surface area contributed by atoms with E-state index in [1.807, 2.05) is 31.2 Å². The first-order valence-corrected chi connectivity index (χ1v) is 9.60. The highest BCUT2D eigenvalue weighted by molar-refractivity contribution is 5.75. The molecule has 0 spiro atoms. The van der Waals surface area contributed by atoms with Crippen molar-refractivity contribution in [1.29, 1.82) is 0 Å². The van der Waals surface area contributed by atoms with Crippen LogP contribution >= 0.6 is 0 Å². The van der Waals surface area contributed by atoms with Crippen molar-refractivity contribution in [2.75, 3.05) is 17.6 Å². The van der Waals surface area contributed by atoms with Crippen molar-refractivity contribution in [3.05, 3.63) is 63.5 Å². The molecule has 0 aliphatic heterocycles. The molecule has 0 unspecified atom stereocenters. The van der Waals surface area contributed by atoms with E-state index in [-0.39, 0.29) is 17.3 Å². The first-order valence-electron chi connectivity index (χ1n) is 9.60. The highest BCUT2D eigenvalue weighted by Gasteiger charge is 2.15. The third-order valence-corrected chi connectivity index (χ3v) is 4.62. The van der Waals surface area contributed by atoms with Crippen LogP contribution in [-0.4, -0.2) is 32.4 Å². The van der Waals surface area contributed by atoms with Gasteiger partial charge in [0.1, 0.15) is 5.82 Å². The number of aromatic nitrogens is 4. The van der Waals surface area contributed by atoms with Gasteiger partial charge in [-0.1, -0.05) is 6.07 Å². The van der Waals surface area contributed by atoms with E-state index in [2.05, 4.69) is 30.6 Å². The predicted octanol–water partition coefficient (Wildman–Crippen LogP) is 1.72. The summed E-state index contributed by atoms with van der Waals surface area (Å²) in [5.41, 5.74) is 10.0. The van der Waals surface area contributed by atoms with E-state index in [1.54, 1.807) is 13.1 Å². The molecular formula is C21H25N7O2. The second-order valence-corrected chi connectivity index (χ2v) is 6.96. The second kappa shape index (κ2) is 9.17. The maximum absolute atomic E-state index is 12.4. The van der Waals surface area contributed by atoms with Crippen LogP contribution in [0.2, 0.25) is 0 Å². The second-order valence-electron chi connectivity index (χ2n) is 6.96. The van der Waals surface area contributed by atoms with E-state index in [4.69, 9.17) is 5.73 Å². The number of nitrogens with two attached hydrogens (primary N) is 1. The molecule has 5 N–H and O–H groups in total. The number of carbonyl (C=O) groups excluding carboxylic acids is 1. The Morgan fingerprint density at radius 2 is 2.03 bits per heavy atom. The van der Waals surface area contributed by atoms with Crippen molar-refractivity contribution >= 4 is 17.5 Å². The molecule has 0 aromatic carbocycles. The Morgan fingerprint density at radius 3 is 2.73 bits per heavy atom. The van der Waals surface area contributed by atoms with E-state index >= 15 is 0 Å². The third kappa shape index (κ3) is 4.99. The van der Waals surface area contributed by atoms with E-state index < -0.39 is 0 Å². The summed E-state index contributed by atoms with van der Waals surface area (Å²) in [7, 11) is 0. The molecule has 0 bridgehead atoms. The van der Waals surface area contributed by atoms with Crippen LogP contribution in [-0.2, 0) is 17.8 Å². The van der Waals surface area contributed by atoms with Crippen molar-refractivity contribution < 1.29 is 4.79 Å². The molecule has 3 aromatic rings. The maximum atomic E-state index is 12.4. The Balaban J connectivity index is 1.88. The van der Waals surface area contributed by atoms with Gasteiger partial charge in [-0.05, 0) is 37.6 Å². The van der Waals surface area contributed by atoms with E-state index in [0.29, 0.717) is 42.3 Å². The van der Waals surface area contributed by atoms with Crippen molar-refractivity contribution in [2.45, 2.75) is 33.7 Å². The number of rotatable bonds is 7. The highest BCUT2D eigenvalue weighted by atomic mass is 16.1. The molecule has 0 aliphatic carbocycles. The number of nitrogens with zero attached hydrogens (tertiary/aromatic N) is 3. The minimum Gasteiger partial charge on any atom is -0.383 e. The van der Waals surface area contributed by atoms with Crippen molar-refractivity contribution in [1.82, 2.24) is 25.3 Å². The quantitative estimate of drug-likeness (QED) is 0.468. The molecule has 3 heterocycles. The first kappa shape index (κ1) is 21.0. The number of anilines is 2. The monoisotopic (exact) mass is 407 g/mol. The number of aromatic amines is 1. The molecule has 0 aliphatic rings. The minimum absolute atomic E-state index is 0.134. The SMILES string of the molecule is CC(=O)NCc1cc(-c2nc(NCCc3ccccn3)c(=O)[nH]c2C)c(N)nc1C. The molecule has 0 radical (unpaired) electrons. The summed E-state index contributed by atoms with van der Waals surface area (Å²) in [5, 5.41) is 5.83. The highest BCUT2D eigenvalue weighted by Crippen LogP contribution is 2.27. The summed E-state index contributed by atoms with van der Waals surface area (Å²) in [4.78, 5) is 39.6. The predicted molar refractivity (Wildman–Crippen MR) is 116 cm³/mol. The average molecular weight is 407 g/mol. The van der Waals surface area contributed by atoms with E-state index in [1.165, 1.54) is 6.92 Å². The molecule has 1 amide bonds. The lowest BCUT2D eigenvalue weighted by Crippen LogP contribution is -2.21. The van der Waals surface area contributed by atoms with Gasteiger partial charge in [-0.25, -0.2) is 9.97 Å². The van der Waals surface area contributed by atoms with Gasteiger partial charge < -0.3 is 21.4 Å². The molecule has 0 saturated heterocycles. The summed E-state index contributed by atoms with van der Waals surface area (Å²) in [5.74, 6) is 0.376. The van der Waals surface area contributed by atoms with Crippen LogP contribution in [0, 0.1) is 13.8 Å². The first-order chi connectivity index (χ1) is 14.3. The lowest BCUT2D eigenvalue weighted by molar-refractivity contribution is -0.119. The van der Waals surface area contributed by atoms with Crippen LogP contribution in [0.4, 0.5) is 11.6 Å². The summed E-state index contributed by atoms with van der Waals surface area (Å²) < 4.78 is 0. The zero-order chi connectivity index (χ0) is 21.7. The number of H-pyrrole nitrogens is 1. The smallest absolute Gasteiger partial charge is 0.290 e. The van der Waals surface area contributed by atoms with Crippen molar-refractivity contribution in [3.63, 3.8) is 0 Å². The van der Waals surface area contributed by atoms with Gasteiger partial charge in [-0.15, -0.1) is 0 Å². The third-order valence-electron chi connectivity index (χ3n) is 4.62.